The number of pyridine rings is 2. The summed E-state index contributed by atoms with van der Waals surface area (Å²) in [6.07, 6.45) is 3.48. The number of nitrogens with zero attached hydrogens (tertiary/aromatic N) is 2. The topological polar surface area (TPSA) is 106 Å². The van der Waals surface area contributed by atoms with Crippen molar-refractivity contribution in [2.45, 2.75) is 0 Å². The van der Waals surface area contributed by atoms with Gasteiger partial charge in [-0.3, -0.25) is 9.97 Å². The summed E-state index contributed by atoms with van der Waals surface area (Å²) >= 11 is 0. The van der Waals surface area contributed by atoms with E-state index in [2.05, 4.69) is 9.97 Å². The van der Waals surface area contributed by atoms with Crippen molar-refractivity contribution < 1.29 is 39.3 Å². The van der Waals surface area contributed by atoms with Gasteiger partial charge in [0.15, 0.2) is 0 Å². The molecule has 6 aromatic rings. The van der Waals surface area contributed by atoms with Crippen LogP contribution in [-0.4, -0.2) is 21.9 Å². The van der Waals surface area contributed by atoms with Crippen molar-refractivity contribution in [1.29, 1.82) is 0 Å². The first-order chi connectivity index (χ1) is 16.5. The van der Waals surface area contributed by atoms with Gasteiger partial charge in [-0.15, -0.1) is 0 Å². The minimum absolute atomic E-state index is 0. The molecule has 0 fully saturated rings. The second kappa shape index (κ2) is 9.96. The van der Waals surface area contributed by atoms with Crippen molar-refractivity contribution in [1.82, 2.24) is 9.97 Å². The molecule has 0 bridgehead atoms. The number of carboxylic acids is 2. The van der Waals surface area contributed by atoms with Crippen molar-refractivity contribution in [2.24, 2.45) is 0 Å². The first-order valence-corrected chi connectivity index (χ1v) is 10.5. The smallest absolute Gasteiger partial charge is 0.545 e. The molecule has 4 aromatic carbocycles. The van der Waals surface area contributed by atoms with E-state index < -0.39 is 11.9 Å². The minimum Gasteiger partial charge on any atom is -0.545 e. The number of fused-ring (bicyclic) bond motifs is 6. The number of hydrogen-bond donors (Lipinski definition) is 0. The standard InChI is InChI=1S/2C14H9NO2.Zn/c2*16-14(17)10-3-5-11-9(8-10)4-6-13-12(11)2-1-7-15-13;/h2*1-8H,(H,16,17);/q;;+2/p-2. The van der Waals surface area contributed by atoms with Crippen LogP contribution in [0.25, 0.3) is 43.4 Å². The van der Waals surface area contributed by atoms with Crippen molar-refractivity contribution in [3.8, 4) is 0 Å². The third-order valence-corrected chi connectivity index (χ3v) is 5.67. The molecule has 35 heavy (non-hydrogen) atoms. The maximum atomic E-state index is 10.8. The molecule has 0 saturated heterocycles. The first kappa shape index (κ1) is 23.9. The zero-order chi connectivity index (χ0) is 23.7. The molecule has 7 heteroatoms. The van der Waals surface area contributed by atoms with E-state index in [1.807, 2.05) is 48.5 Å². The third-order valence-electron chi connectivity index (χ3n) is 5.67. The Bertz CT molecular complexity index is 1600. The molecule has 0 aliphatic rings. The predicted molar refractivity (Wildman–Crippen MR) is 127 cm³/mol. The molecule has 2 aromatic heterocycles. The van der Waals surface area contributed by atoms with Gasteiger partial charge in [0, 0.05) is 23.2 Å². The molecule has 0 atom stereocenters. The number of hydrogen-bond acceptors (Lipinski definition) is 6. The van der Waals surface area contributed by atoms with Gasteiger partial charge >= 0.3 is 19.5 Å². The van der Waals surface area contributed by atoms with E-state index in [1.54, 1.807) is 48.8 Å². The Morgan fingerprint density at radius 3 is 1.37 bits per heavy atom. The van der Waals surface area contributed by atoms with Crippen molar-refractivity contribution in [3.05, 3.63) is 108 Å². The second-order valence-electron chi connectivity index (χ2n) is 7.72. The van der Waals surface area contributed by atoms with Crippen molar-refractivity contribution in [3.63, 3.8) is 0 Å². The molecule has 0 aliphatic carbocycles. The first-order valence-electron chi connectivity index (χ1n) is 10.5. The largest absolute Gasteiger partial charge is 2.00 e. The van der Waals surface area contributed by atoms with E-state index in [4.69, 9.17) is 0 Å². The number of carboxylic acid groups (broad SMARTS) is 2. The summed E-state index contributed by atoms with van der Waals surface area (Å²) < 4.78 is 0. The van der Waals surface area contributed by atoms with Gasteiger partial charge in [0.1, 0.15) is 0 Å². The van der Waals surface area contributed by atoms with Crippen LogP contribution in [0, 0.1) is 0 Å². The molecule has 164 valence electrons. The average molecular weight is 510 g/mol. The molecule has 0 spiro atoms. The zero-order valence-electron chi connectivity index (χ0n) is 18.5. The summed E-state index contributed by atoms with van der Waals surface area (Å²) in [6, 6.07) is 25.2. The minimum atomic E-state index is -1.15. The molecule has 0 saturated carbocycles. The number of carbonyl (C=O) groups is 2. The van der Waals surface area contributed by atoms with Crippen LogP contribution < -0.4 is 10.2 Å². The van der Waals surface area contributed by atoms with Gasteiger partial charge in [0.05, 0.1) is 23.0 Å². The van der Waals surface area contributed by atoms with E-state index in [0.29, 0.717) is 0 Å². The van der Waals surface area contributed by atoms with Crippen LogP contribution >= 0.6 is 0 Å². The van der Waals surface area contributed by atoms with Crippen LogP contribution in [0.4, 0.5) is 0 Å². The maximum absolute atomic E-state index is 10.8. The Balaban J connectivity index is 0.000000160. The molecule has 0 N–H and O–H groups in total. The normalized spacial score (nSPS) is 10.5. The van der Waals surface area contributed by atoms with Crippen molar-refractivity contribution >= 4 is 55.3 Å². The number of benzene rings is 4. The fourth-order valence-electron chi connectivity index (χ4n) is 4.04. The number of rotatable bonds is 2. The van der Waals surface area contributed by atoms with E-state index in [9.17, 15) is 19.8 Å². The Hall–Kier alpha value is -4.22. The van der Waals surface area contributed by atoms with Gasteiger partial charge in [-0.1, -0.05) is 48.5 Å². The van der Waals surface area contributed by atoms with Gasteiger partial charge in [0.2, 0.25) is 0 Å². The summed E-state index contributed by atoms with van der Waals surface area (Å²) in [5.41, 5.74) is 2.20. The predicted octanol–water partition coefficient (Wildman–Crippen LogP) is 3.50. The molecule has 0 aliphatic heterocycles. The van der Waals surface area contributed by atoms with Gasteiger partial charge < -0.3 is 19.8 Å². The second-order valence-corrected chi connectivity index (χ2v) is 7.72. The van der Waals surface area contributed by atoms with E-state index in [1.165, 1.54) is 0 Å². The average Bonchev–Trinajstić information content (AvgIpc) is 2.88. The number of carbonyl (C=O) groups excluding carboxylic acids is 2. The summed E-state index contributed by atoms with van der Waals surface area (Å²) in [5.74, 6) is -2.31. The quantitative estimate of drug-likeness (QED) is 0.261. The zero-order valence-corrected chi connectivity index (χ0v) is 21.4. The summed E-state index contributed by atoms with van der Waals surface area (Å²) in [5, 5.41) is 27.4. The number of aromatic carboxylic acids is 2. The van der Waals surface area contributed by atoms with Crippen LogP contribution in [0.3, 0.4) is 0 Å². The molecule has 6 rings (SSSR count). The van der Waals surface area contributed by atoms with Crippen LogP contribution in [0.5, 0.6) is 0 Å². The van der Waals surface area contributed by atoms with Crippen LogP contribution in [0.15, 0.2) is 97.3 Å². The Labute approximate surface area is 212 Å². The SMILES string of the molecule is O=C([O-])c1ccc2c(ccc3ncccc32)c1.O=C([O-])c1ccc2c(ccc3ncccc32)c1.[Zn+2]. The summed E-state index contributed by atoms with van der Waals surface area (Å²) in [7, 11) is 0. The third kappa shape index (κ3) is 4.72. The Morgan fingerprint density at radius 1 is 0.543 bits per heavy atom. The van der Waals surface area contributed by atoms with E-state index >= 15 is 0 Å². The molecule has 0 unspecified atom stereocenters. The van der Waals surface area contributed by atoms with Gasteiger partial charge in [-0.2, -0.15) is 0 Å². The summed E-state index contributed by atoms with van der Waals surface area (Å²) in [6.45, 7) is 0. The summed E-state index contributed by atoms with van der Waals surface area (Å²) in [4.78, 5) is 30.1. The molecule has 0 radical (unpaired) electrons. The van der Waals surface area contributed by atoms with Crippen LogP contribution in [-0.2, 0) is 19.5 Å². The maximum Gasteiger partial charge on any atom is 2.00 e. The molecular formula is C28H16N2O4Zn. The van der Waals surface area contributed by atoms with Gasteiger partial charge in [-0.05, 0) is 69.1 Å². The van der Waals surface area contributed by atoms with Crippen LogP contribution in [0.2, 0.25) is 0 Å². The molecule has 2 heterocycles. The molecular weight excluding hydrogens is 494 g/mol. The molecule has 6 nitrogen and oxygen atoms in total. The van der Waals surface area contributed by atoms with Gasteiger partial charge in [-0.25, -0.2) is 0 Å². The van der Waals surface area contributed by atoms with E-state index in [-0.39, 0.29) is 30.6 Å². The van der Waals surface area contributed by atoms with E-state index in [0.717, 1.165) is 43.4 Å². The Morgan fingerprint density at radius 2 is 0.971 bits per heavy atom. The fourth-order valence-corrected chi connectivity index (χ4v) is 4.04. The van der Waals surface area contributed by atoms with Gasteiger partial charge in [0.25, 0.3) is 0 Å². The molecule has 0 amide bonds. The Kier molecular flexibility index (Phi) is 6.81. The fraction of sp³-hybridized carbons (Fsp3) is 0. The van der Waals surface area contributed by atoms with Crippen molar-refractivity contribution in [2.75, 3.05) is 0 Å². The van der Waals surface area contributed by atoms with Crippen LogP contribution in [0.1, 0.15) is 20.7 Å². The number of aromatic nitrogens is 2. The monoisotopic (exact) mass is 508 g/mol.